The fourth-order valence-corrected chi connectivity index (χ4v) is 4.21. The van der Waals surface area contributed by atoms with E-state index in [0.717, 1.165) is 5.69 Å². The minimum absolute atomic E-state index is 0.124. The highest BCUT2D eigenvalue weighted by atomic mass is 35.5. The number of phenols is 1. The van der Waals surface area contributed by atoms with Gasteiger partial charge in [-0.25, -0.2) is 0 Å². The smallest absolute Gasteiger partial charge is 0.270 e. The van der Waals surface area contributed by atoms with Crippen molar-refractivity contribution < 1.29 is 9.90 Å². The summed E-state index contributed by atoms with van der Waals surface area (Å²) in [6.07, 6.45) is 1.66. The topological polar surface area (TPSA) is 43.8 Å². The lowest BCUT2D eigenvalue weighted by molar-refractivity contribution is -0.113. The molecule has 0 atom stereocenters. The molecule has 1 aliphatic heterocycles. The standard InChI is InChI=1S/C18H14Cl2N2O2S2/c1-21(2)11-3-5-12(6-4-11)22-17(24)15(26-18(22)25)9-10-7-13(19)16(23)14(20)8-10/h3-9,23H,1-2H3. The van der Waals surface area contributed by atoms with Crippen LogP contribution in [0.15, 0.2) is 41.3 Å². The molecule has 0 bridgehead atoms. The second kappa shape index (κ2) is 7.48. The minimum atomic E-state index is -0.210. The van der Waals surface area contributed by atoms with Crippen molar-refractivity contribution in [3.63, 3.8) is 0 Å². The Kier molecular flexibility index (Phi) is 5.48. The van der Waals surface area contributed by atoms with Crippen LogP contribution in [0.2, 0.25) is 10.0 Å². The van der Waals surface area contributed by atoms with Crippen molar-refractivity contribution in [3.8, 4) is 5.75 Å². The van der Waals surface area contributed by atoms with E-state index < -0.39 is 0 Å². The predicted octanol–water partition coefficient (Wildman–Crippen LogP) is 5.17. The summed E-state index contributed by atoms with van der Waals surface area (Å²) in [6, 6.07) is 10.7. The number of nitrogens with zero attached hydrogens (tertiary/aromatic N) is 2. The van der Waals surface area contributed by atoms with Crippen LogP contribution in [0.5, 0.6) is 5.75 Å². The van der Waals surface area contributed by atoms with Gasteiger partial charge in [-0.3, -0.25) is 9.69 Å². The lowest BCUT2D eigenvalue weighted by atomic mass is 10.2. The summed E-state index contributed by atoms with van der Waals surface area (Å²) in [5, 5.41) is 9.90. The molecule has 0 unspecified atom stereocenters. The molecule has 2 aromatic carbocycles. The Morgan fingerprint density at radius 1 is 1.15 bits per heavy atom. The quantitative estimate of drug-likeness (QED) is 0.543. The van der Waals surface area contributed by atoms with E-state index in [4.69, 9.17) is 35.4 Å². The second-order valence-electron chi connectivity index (χ2n) is 5.76. The SMILES string of the molecule is CN(C)c1ccc(N2C(=O)C(=Cc3cc(Cl)c(O)c(Cl)c3)SC2=S)cc1. The number of amides is 1. The number of thiocarbonyl (C=S) groups is 1. The summed E-state index contributed by atoms with van der Waals surface area (Å²) in [5.41, 5.74) is 2.35. The first-order chi connectivity index (χ1) is 12.3. The first kappa shape index (κ1) is 19.0. The van der Waals surface area contributed by atoms with E-state index in [1.54, 1.807) is 18.2 Å². The normalized spacial score (nSPS) is 15.8. The molecule has 0 saturated carbocycles. The molecular formula is C18H14Cl2N2O2S2. The highest BCUT2D eigenvalue weighted by Gasteiger charge is 2.33. The van der Waals surface area contributed by atoms with Gasteiger partial charge in [-0.1, -0.05) is 47.2 Å². The average molecular weight is 425 g/mol. The molecule has 1 saturated heterocycles. The number of halogens is 2. The number of phenolic OH excluding ortho intramolecular Hbond substituents is 1. The maximum atomic E-state index is 12.8. The number of hydrogen-bond donors (Lipinski definition) is 1. The second-order valence-corrected chi connectivity index (χ2v) is 8.25. The summed E-state index contributed by atoms with van der Waals surface area (Å²) in [6.45, 7) is 0. The average Bonchev–Trinajstić information content (AvgIpc) is 2.86. The van der Waals surface area contributed by atoms with Crippen LogP contribution >= 0.6 is 47.2 Å². The number of aromatic hydroxyl groups is 1. The Bertz CT molecular complexity index is 904. The molecule has 4 nitrogen and oxygen atoms in total. The van der Waals surface area contributed by atoms with Gasteiger partial charge in [0.05, 0.1) is 20.6 Å². The molecule has 0 spiro atoms. The Hall–Kier alpha value is -1.73. The van der Waals surface area contributed by atoms with E-state index in [-0.39, 0.29) is 21.7 Å². The maximum Gasteiger partial charge on any atom is 0.270 e. The zero-order valence-corrected chi connectivity index (χ0v) is 17.0. The fourth-order valence-electron chi connectivity index (χ4n) is 2.41. The number of anilines is 2. The number of benzene rings is 2. The van der Waals surface area contributed by atoms with Crippen molar-refractivity contribution in [3.05, 3.63) is 56.9 Å². The zero-order valence-electron chi connectivity index (χ0n) is 13.9. The van der Waals surface area contributed by atoms with Crippen molar-refractivity contribution >= 4 is 74.9 Å². The van der Waals surface area contributed by atoms with E-state index in [1.807, 2.05) is 43.3 Å². The number of carbonyl (C=O) groups excluding carboxylic acids is 1. The number of thioether (sulfide) groups is 1. The highest BCUT2D eigenvalue weighted by Crippen LogP contribution is 2.38. The molecule has 1 amide bonds. The molecule has 134 valence electrons. The van der Waals surface area contributed by atoms with Crippen molar-refractivity contribution in [2.75, 3.05) is 23.9 Å². The lowest BCUT2D eigenvalue weighted by Crippen LogP contribution is -2.27. The summed E-state index contributed by atoms with van der Waals surface area (Å²) in [5.74, 6) is -0.392. The molecule has 1 N–H and O–H groups in total. The van der Waals surface area contributed by atoms with Crippen LogP contribution in [-0.2, 0) is 4.79 Å². The van der Waals surface area contributed by atoms with Crippen molar-refractivity contribution in [2.24, 2.45) is 0 Å². The number of carbonyl (C=O) groups is 1. The van der Waals surface area contributed by atoms with E-state index in [1.165, 1.54) is 16.7 Å². The van der Waals surface area contributed by atoms with Crippen LogP contribution in [0.25, 0.3) is 6.08 Å². The molecule has 3 rings (SSSR count). The van der Waals surface area contributed by atoms with Crippen LogP contribution in [0.3, 0.4) is 0 Å². The third kappa shape index (κ3) is 3.69. The maximum absolute atomic E-state index is 12.8. The van der Waals surface area contributed by atoms with Gasteiger partial charge >= 0.3 is 0 Å². The number of hydrogen-bond acceptors (Lipinski definition) is 5. The first-order valence-electron chi connectivity index (χ1n) is 7.51. The lowest BCUT2D eigenvalue weighted by Gasteiger charge is -2.17. The Morgan fingerprint density at radius 2 is 1.73 bits per heavy atom. The van der Waals surface area contributed by atoms with Gasteiger partial charge in [0.1, 0.15) is 0 Å². The first-order valence-corrected chi connectivity index (χ1v) is 9.49. The summed E-state index contributed by atoms with van der Waals surface area (Å²) < 4.78 is 0.454. The van der Waals surface area contributed by atoms with Gasteiger partial charge in [-0.15, -0.1) is 0 Å². The fraction of sp³-hybridized carbons (Fsp3) is 0.111. The minimum Gasteiger partial charge on any atom is -0.505 e. The molecule has 0 aromatic heterocycles. The van der Waals surface area contributed by atoms with Crippen LogP contribution in [-0.4, -0.2) is 29.4 Å². The van der Waals surface area contributed by atoms with Crippen LogP contribution in [0.1, 0.15) is 5.56 Å². The summed E-state index contributed by atoms with van der Waals surface area (Å²) >= 11 is 18.5. The van der Waals surface area contributed by atoms with E-state index in [9.17, 15) is 9.90 Å². The van der Waals surface area contributed by atoms with E-state index in [0.29, 0.717) is 20.5 Å². The molecule has 1 aliphatic rings. The molecular weight excluding hydrogens is 411 g/mol. The Labute approximate surface area is 171 Å². The Balaban J connectivity index is 1.91. The van der Waals surface area contributed by atoms with Crippen molar-refractivity contribution in [2.45, 2.75) is 0 Å². The monoisotopic (exact) mass is 424 g/mol. The zero-order chi connectivity index (χ0) is 19.0. The molecule has 2 aromatic rings. The van der Waals surface area contributed by atoms with Crippen LogP contribution < -0.4 is 9.80 Å². The van der Waals surface area contributed by atoms with Gasteiger partial charge in [0.2, 0.25) is 0 Å². The summed E-state index contributed by atoms with van der Waals surface area (Å²) in [4.78, 5) is 16.7. The Morgan fingerprint density at radius 3 is 2.27 bits per heavy atom. The molecule has 8 heteroatoms. The molecule has 1 fully saturated rings. The summed E-state index contributed by atoms with van der Waals surface area (Å²) in [7, 11) is 3.90. The van der Waals surface area contributed by atoms with Gasteiger partial charge in [0.25, 0.3) is 5.91 Å². The van der Waals surface area contributed by atoms with Gasteiger partial charge in [-0.2, -0.15) is 0 Å². The van der Waals surface area contributed by atoms with Crippen molar-refractivity contribution in [1.29, 1.82) is 0 Å². The third-order valence-electron chi connectivity index (χ3n) is 3.76. The largest absolute Gasteiger partial charge is 0.505 e. The van der Waals surface area contributed by atoms with Crippen molar-refractivity contribution in [1.82, 2.24) is 0 Å². The predicted molar refractivity (Wildman–Crippen MR) is 115 cm³/mol. The van der Waals surface area contributed by atoms with Gasteiger partial charge in [0, 0.05) is 19.8 Å². The molecule has 0 aliphatic carbocycles. The van der Waals surface area contributed by atoms with Gasteiger partial charge in [-0.05, 0) is 48.0 Å². The van der Waals surface area contributed by atoms with Gasteiger partial charge < -0.3 is 10.0 Å². The third-order valence-corrected chi connectivity index (χ3v) is 5.63. The van der Waals surface area contributed by atoms with E-state index >= 15 is 0 Å². The highest BCUT2D eigenvalue weighted by molar-refractivity contribution is 8.27. The number of rotatable bonds is 3. The van der Waals surface area contributed by atoms with E-state index in [2.05, 4.69) is 0 Å². The molecule has 26 heavy (non-hydrogen) atoms. The van der Waals surface area contributed by atoms with Gasteiger partial charge in [0.15, 0.2) is 10.1 Å². The molecule has 0 radical (unpaired) electrons. The molecule has 1 heterocycles. The van der Waals surface area contributed by atoms with Crippen LogP contribution in [0, 0.1) is 0 Å². The van der Waals surface area contributed by atoms with Crippen LogP contribution in [0.4, 0.5) is 11.4 Å².